The summed E-state index contributed by atoms with van der Waals surface area (Å²) < 4.78 is 0. The number of nitriles is 1. The smallest absolute Gasteiger partial charge is 0.0735 e. The minimum absolute atomic E-state index is 0.0187. The monoisotopic (exact) mass is 235 g/mol. The average Bonchev–Trinajstić information content (AvgIpc) is 2.41. The molecule has 1 heteroatoms. The van der Waals surface area contributed by atoms with Crippen LogP contribution in [0.5, 0.6) is 0 Å². The fourth-order valence-electron chi connectivity index (χ4n) is 2.12. The van der Waals surface area contributed by atoms with Crippen molar-refractivity contribution in [1.29, 1.82) is 5.26 Å². The fraction of sp³-hybridized carbons (Fsp3) is 0.235. The van der Waals surface area contributed by atoms with Crippen molar-refractivity contribution in [3.05, 3.63) is 60.2 Å². The number of nitrogens with zero attached hydrogens (tertiary/aromatic N) is 1. The van der Waals surface area contributed by atoms with Crippen molar-refractivity contribution in [2.24, 2.45) is 5.92 Å². The van der Waals surface area contributed by atoms with Crippen LogP contribution in [-0.4, -0.2) is 0 Å². The summed E-state index contributed by atoms with van der Waals surface area (Å²) in [6.45, 7) is 4.16. The molecule has 0 amide bonds. The maximum Gasteiger partial charge on any atom is 0.0735 e. The zero-order valence-corrected chi connectivity index (χ0v) is 10.8. The Labute approximate surface area is 109 Å². The van der Waals surface area contributed by atoms with E-state index in [1.807, 2.05) is 18.2 Å². The first-order valence-corrected chi connectivity index (χ1v) is 6.27. The molecule has 0 saturated heterocycles. The Morgan fingerprint density at radius 1 is 0.833 bits per heavy atom. The first-order chi connectivity index (χ1) is 8.72. The van der Waals surface area contributed by atoms with Crippen LogP contribution in [0, 0.1) is 17.2 Å². The van der Waals surface area contributed by atoms with Crippen LogP contribution in [0.1, 0.15) is 25.3 Å². The predicted molar refractivity (Wildman–Crippen MR) is 75.1 cm³/mol. The first kappa shape index (κ1) is 12.4. The van der Waals surface area contributed by atoms with Gasteiger partial charge in [0.2, 0.25) is 0 Å². The third kappa shape index (κ3) is 2.60. The maximum atomic E-state index is 9.19. The zero-order valence-electron chi connectivity index (χ0n) is 10.8. The van der Waals surface area contributed by atoms with Crippen molar-refractivity contribution in [3.63, 3.8) is 0 Å². The van der Waals surface area contributed by atoms with E-state index in [4.69, 9.17) is 0 Å². The first-order valence-electron chi connectivity index (χ1n) is 6.27. The number of rotatable bonds is 3. The molecule has 0 fully saturated rings. The van der Waals surface area contributed by atoms with Crippen LogP contribution in [0.4, 0.5) is 0 Å². The molecule has 1 nitrogen and oxygen atoms in total. The highest BCUT2D eigenvalue weighted by molar-refractivity contribution is 5.63. The van der Waals surface area contributed by atoms with E-state index in [1.165, 1.54) is 11.1 Å². The lowest BCUT2D eigenvalue weighted by atomic mass is 9.89. The summed E-state index contributed by atoms with van der Waals surface area (Å²) in [4.78, 5) is 0. The van der Waals surface area contributed by atoms with Crippen molar-refractivity contribution < 1.29 is 0 Å². The molecule has 0 spiro atoms. The molecule has 2 aromatic carbocycles. The molecule has 1 unspecified atom stereocenters. The molecular formula is C17H17N. The summed E-state index contributed by atoms with van der Waals surface area (Å²) in [6, 6.07) is 21.0. The van der Waals surface area contributed by atoms with Crippen LogP contribution in [0.2, 0.25) is 0 Å². The van der Waals surface area contributed by atoms with Gasteiger partial charge in [-0.1, -0.05) is 68.4 Å². The van der Waals surface area contributed by atoms with Crippen LogP contribution in [-0.2, 0) is 0 Å². The maximum absolute atomic E-state index is 9.19. The molecule has 0 saturated carbocycles. The summed E-state index contributed by atoms with van der Waals surface area (Å²) in [7, 11) is 0. The Balaban J connectivity index is 2.29. The van der Waals surface area contributed by atoms with E-state index in [1.54, 1.807) is 0 Å². The van der Waals surface area contributed by atoms with Crippen molar-refractivity contribution >= 4 is 0 Å². The van der Waals surface area contributed by atoms with E-state index >= 15 is 0 Å². The summed E-state index contributed by atoms with van der Waals surface area (Å²) in [5.74, 6) is 0.326. The molecule has 2 rings (SSSR count). The molecule has 0 N–H and O–H groups in total. The van der Waals surface area contributed by atoms with Crippen LogP contribution in [0.3, 0.4) is 0 Å². The number of hydrogen-bond acceptors (Lipinski definition) is 1. The molecule has 0 aromatic heterocycles. The molecule has 0 heterocycles. The van der Waals surface area contributed by atoms with Crippen LogP contribution in [0.15, 0.2) is 54.6 Å². The molecule has 1 atom stereocenters. The van der Waals surface area contributed by atoms with E-state index in [0.717, 1.165) is 5.56 Å². The van der Waals surface area contributed by atoms with Gasteiger partial charge < -0.3 is 0 Å². The summed E-state index contributed by atoms with van der Waals surface area (Å²) >= 11 is 0. The number of hydrogen-bond donors (Lipinski definition) is 0. The Morgan fingerprint density at radius 2 is 1.39 bits per heavy atom. The fourth-order valence-corrected chi connectivity index (χ4v) is 2.12. The van der Waals surface area contributed by atoms with Gasteiger partial charge in [-0.2, -0.15) is 5.26 Å². The van der Waals surface area contributed by atoms with Gasteiger partial charge in [-0.15, -0.1) is 0 Å². The van der Waals surface area contributed by atoms with Gasteiger partial charge in [0.15, 0.2) is 0 Å². The van der Waals surface area contributed by atoms with E-state index in [0.29, 0.717) is 5.92 Å². The lowest BCUT2D eigenvalue weighted by Gasteiger charge is -2.13. The van der Waals surface area contributed by atoms with Gasteiger partial charge in [-0.3, -0.25) is 0 Å². The second-order valence-corrected chi connectivity index (χ2v) is 4.84. The highest BCUT2D eigenvalue weighted by atomic mass is 14.3. The molecule has 0 aliphatic carbocycles. The van der Waals surface area contributed by atoms with Crippen LogP contribution < -0.4 is 0 Å². The Kier molecular flexibility index (Phi) is 3.79. The van der Waals surface area contributed by atoms with E-state index in [-0.39, 0.29) is 5.92 Å². The highest BCUT2D eigenvalue weighted by Gasteiger charge is 2.14. The van der Waals surface area contributed by atoms with E-state index in [2.05, 4.69) is 56.3 Å². The molecule has 0 aliphatic rings. The summed E-state index contributed by atoms with van der Waals surface area (Å²) in [5.41, 5.74) is 3.51. The van der Waals surface area contributed by atoms with Gasteiger partial charge in [0.1, 0.15) is 0 Å². The van der Waals surface area contributed by atoms with Crippen molar-refractivity contribution in [2.75, 3.05) is 0 Å². The largest absolute Gasteiger partial charge is 0.198 e. The zero-order chi connectivity index (χ0) is 13.0. The summed E-state index contributed by atoms with van der Waals surface area (Å²) in [5, 5.41) is 9.19. The quantitative estimate of drug-likeness (QED) is 0.761. The second-order valence-electron chi connectivity index (χ2n) is 4.84. The molecule has 0 radical (unpaired) electrons. The molecule has 0 aliphatic heterocycles. The second kappa shape index (κ2) is 5.51. The van der Waals surface area contributed by atoms with Gasteiger partial charge in [0.25, 0.3) is 0 Å². The molecule has 90 valence electrons. The topological polar surface area (TPSA) is 23.8 Å². The van der Waals surface area contributed by atoms with Gasteiger partial charge in [0.05, 0.1) is 12.0 Å². The average molecular weight is 235 g/mol. The highest BCUT2D eigenvalue weighted by Crippen LogP contribution is 2.26. The van der Waals surface area contributed by atoms with Crippen LogP contribution >= 0.6 is 0 Å². The minimum Gasteiger partial charge on any atom is -0.198 e. The lowest BCUT2D eigenvalue weighted by molar-refractivity contribution is 0.587. The number of benzene rings is 2. The summed E-state index contributed by atoms with van der Waals surface area (Å²) in [6.07, 6.45) is 0. The normalized spacial score (nSPS) is 12.1. The Bertz CT molecular complexity index is 532. The minimum atomic E-state index is -0.0187. The van der Waals surface area contributed by atoms with Gasteiger partial charge in [-0.25, -0.2) is 0 Å². The standard InChI is InChI=1S/C17H17N/c1-13(2)17(12-18)16-10-8-15(9-11-16)14-6-4-3-5-7-14/h3-11,13,17H,1-2H3. The van der Waals surface area contributed by atoms with E-state index < -0.39 is 0 Å². The van der Waals surface area contributed by atoms with Gasteiger partial charge >= 0.3 is 0 Å². The van der Waals surface area contributed by atoms with Crippen molar-refractivity contribution in [2.45, 2.75) is 19.8 Å². The molecular weight excluding hydrogens is 218 g/mol. The Hall–Kier alpha value is -2.07. The molecule has 2 aromatic rings. The van der Waals surface area contributed by atoms with Crippen molar-refractivity contribution in [1.82, 2.24) is 0 Å². The van der Waals surface area contributed by atoms with Gasteiger partial charge in [0, 0.05) is 0 Å². The third-order valence-electron chi connectivity index (χ3n) is 3.18. The van der Waals surface area contributed by atoms with E-state index in [9.17, 15) is 5.26 Å². The van der Waals surface area contributed by atoms with Gasteiger partial charge in [-0.05, 0) is 22.6 Å². The molecule has 0 bridgehead atoms. The van der Waals surface area contributed by atoms with Crippen LogP contribution in [0.25, 0.3) is 11.1 Å². The predicted octanol–water partition coefficient (Wildman–Crippen LogP) is 4.62. The lowest BCUT2D eigenvalue weighted by Crippen LogP contribution is -2.03. The SMILES string of the molecule is CC(C)C(C#N)c1ccc(-c2ccccc2)cc1. The van der Waals surface area contributed by atoms with Crippen molar-refractivity contribution in [3.8, 4) is 17.2 Å². The Morgan fingerprint density at radius 3 is 1.89 bits per heavy atom. The molecule has 18 heavy (non-hydrogen) atoms. The third-order valence-corrected chi connectivity index (χ3v) is 3.18.